The number of carboxylic acid groups (broad SMARTS) is 1. The molecule has 2 amide bonds. The van der Waals surface area contributed by atoms with E-state index in [-0.39, 0.29) is 31.4 Å². The lowest BCUT2D eigenvalue weighted by molar-refractivity contribution is -0.154. The maximum absolute atomic E-state index is 12.2. The highest BCUT2D eigenvalue weighted by Gasteiger charge is 2.40. The second-order valence-electron chi connectivity index (χ2n) is 9.18. The molecule has 2 aromatic carbocycles. The number of hydrogen-bond acceptors (Lipinski definition) is 5. The van der Waals surface area contributed by atoms with Crippen molar-refractivity contribution in [2.75, 3.05) is 32.9 Å². The van der Waals surface area contributed by atoms with Gasteiger partial charge in [-0.2, -0.15) is 0 Å². The highest BCUT2D eigenvalue weighted by atomic mass is 16.5. The van der Waals surface area contributed by atoms with Gasteiger partial charge in [-0.1, -0.05) is 48.5 Å². The standard InChI is InChI=1S/C27H32N2O6/c30-24(29-18-27(25(31)32)12-15-34-16-13-27)11-5-6-14-28-26(33)35-17-23-21-9-3-1-7-19(21)20-8-2-4-10-22(20)23/h1-4,7-10,23H,5-6,11-18H2,(H,28,33)(H,29,30)(H,31,32). The Morgan fingerprint density at radius 1 is 0.943 bits per heavy atom. The summed E-state index contributed by atoms with van der Waals surface area (Å²) in [6, 6.07) is 16.4. The molecule has 8 heteroatoms. The van der Waals surface area contributed by atoms with Crippen molar-refractivity contribution >= 4 is 18.0 Å². The maximum atomic E-state index is 12.2. The van der Waals surface area contributed by atoms with E-state index in [1.165, 1.54) is 11.1 Å². The molecule has 1 saturated heterocycles. The molecule has 0 unspecified atom stereocenters. The molecule has 0 atom stereocenters. The molecule has 1 fully saturated rings. The van der Waals surface area contributed by atoms with Crippen molar-refractivity contribution in [2.24, 2.45) is 5.41 Å². The van der Waals surface area contributed by atoms with E-state index in [1.807, 2.05) is 24.3 Å². The van der Waals surface area contributed by atoms with Gasteiger partial charge < -0.3 is 25.2 Å². The van der Waals surface area contributed by atoms with E-state index in [9.17, 15) is 19.5 Å². The van der Waals surface area contributed by atoms with Crippen LogP contribution in [-0.2, 0) is 19.1 Å². The van der Waals surface area contributed by atoms with Crippen LogP contribution in [0.5, 0.6) is 0 Å². The predicted octanol–water partition coefficient (Wildman–Crippen LogP) is 3.69. The third kappa shape index (κ3) is 5.82. The molecule has 8 nitrogen and oxygen atoms in total. The lowest BCUT2D eigenvalue weighted by Gasteiger charge is -2.33. The molecular weight excluding hydrogens is 448 g/mol. The molecule has 0 spiro atoms. The van der Waals surface area contributed by atoms with Crippen LogP contribution in [0.1, 0.15) is 49.1 Å². The molecule has 0 radical (unpaired) electrons. The van der Waals surface area contributed by atoms with Gasteiger partial charge in [-0.15, -0.1) is 0 Å². The van der Waals surface area contributed by atoms with Crippen molar-refractivity contribution in [2.45, 2.75) is 38.0 Å². The summed E-state index contributed by atoms with van der Waals surface area (Å²) in [6.45, 7) is 1.56. The summed E-state index contributed by atoms with van der Waals surface area (Å²) in [4.78, 5) is 36.0. The van der Waals surface area contributed by atoms with Crippen LogP contribution in [0.4, 0.5) is 4.79 Å². The van der Waals surface area contributed by atoms with Gasteiger partial charge in [0.25, 0.3) is 0 Å². The Labute approximate surface area is 205 Å². The van der Waals surface area contributed by atoms with Crippen molar-refractivity contribution < 1.29 is 29.0 Å². The lowest BCUT2D eigenvalue weighted by Crippen LogP contribution is -2.46. The van der Waals surface area contributed by atoms with Gasteiger partial charge in [0, 0.05) is 38.6 Å². The van der Waals surface area contributed by atoms with Crippen molar-refractivity contribution in [3.63, 3.8) is 0 Å². The molecule has 2 aromatic rings. The molecule has 0 bridgehead atoms. The van der Waals surface area contributed by atoms with Gasteiger partial charge in [0.2, 0.25) is 5.91 Å². The second kappa shape index (κ2) is 11.4. The number of nitrogens with one attached hydrogen (secondary N) is 2. The number of benzene rings is 2. The molecule has 1 aliphatic heterocycles. The molecule has 4 rings (SSSR count). The normalized spacial score (nSPS) is 16.1. The molecule has 0 saturated carbocycles. The fourth-order valence-corrected chi connectivity index (χ4v) is 4.84. The number of amides is 2. The van der Waals surface area contributed by atoms with Crippen LogP contribution in [-0.4, -0.2) is 56.0 Å². The summed E-state index contributed by atoms with van der Waals surface area (Å²) in [7, 11) is 0. The number of alkyl carbamates (subject to hydrolysis) is 1. The fourth-order valence-electron chi connectivity index (χ4n) is 4.84. The van der Waals surface area contributed by atoms with E-state index in [0.717, 1.165) is 11.1 Å². The van der Waals surface area contributed by atoms with Crippen molar-refractivity contribution in [1.29, 1.82) is 0 Å². The number of carbonyl (C=O) groups excluding carboxylic acids is 2. The fraction of sp³-hybridized carbons (Fsp3) is 0.444. The smallest absolute Gasteiger partial charge is 0.407 e. The van der Waals surface area contributed by atoms with E-state index in [1.54, 1.807) is 0 Å². The van der Waals surface area contributed by atoms with Crippen LogP contribution in [0.3, 0.4) is 0 Å². The first-order valence-electron chi connectivity index (χ1n) is 12.2. The van der Waals surface area contributed by atoms with Crippen LogP contribution >= 0.6 is 0 Å². The van der Waals surface area contributed by atoms with Gasteiger partial charge in [0.1, 0.15) is 6.61 Å². The number of rotatable bonds is 10. The first-order valence-corrected chi connectivity index (χ1v) is 12.2. The Kier molecular flexibility index (Phi) is 8.02. The van der Waals surface area contributed by atoms with Gasteiger partial charge in [0.05, 0.1) is 5.41 Å². The lowest BCUT2D eigenvalue weighted by atomic mass is 9.80. The number of carbonyl (C=O) groups is 3. The first-order chi connectivity index (χ1) is 17.0. The number of aliphatic carboxylic acids is 1. The number of hydrogen-bond donors (Lipinski definition) is 3. The topological polar surface area (TPSA) is 114 Å². The molecule has 0 aromatic heterocycles. The Hall–Kier alpha value is -3.39. The highest BCUT2D eigenvalue weighted by Crippen LogP contribution is 2.44. The van der Waals surface area contributed by atoms with Gasteiger partial charge in [-0.25, -0.2) is 4.79 Å². The minimum Gasteiger partial charge on any atom is -0.481 e. The quantitative estimate of drug-likeness (QED) is 0.447. The number of ether oxygens (including phenoxy) is 2. The molecule has 186 valence electrons. The monoisotopic (exact) mass is 480 g/mol. The zero-order chi connectivity index (χ0) is 24.7. The van der Waals surface area contributed by atoms with E-state index < -0.39 is 17.5 Å². The Morgan fingerprint density at radius 3 is 2.20 bits per heavy atom. The molecule has 35 heavy (non-hydrogen) atoms. The van der Waals surface area contributed by atoms with Crippen LogP contribution < -0.4 is 10.6 Å². The minimum atomic E-state index is -0.945. The maximum Gasteiger partial charge on any atom is 0.407 e. The van der Waals surface area contributed by atoms with Gasteiger partial charge in [-0.05, 0) is 47.9 Å². The van der Waals surface area contributed by atoms with Crippen molar-refractivity contribution in [1.82, 2.24) is 10.6 Å². The summed E-state index contributed by atoms with van der Waals surface area (Å²) < 4.78 is 10.8. The zero-order valence-corrected chi connectivity index (χ0v) is 19.8. The average molecular weight is 481 g/mol. The average Bonchev–Trinajstić information content (AvgIpc) is 3.20. The summed E-state index contributed by atoms with van der Waals surface area (Å²) in [5.74, 6) is -1.06. The van der Waals surface area contributed by atoms with E-state index in [2.05, 4.69) is 34.9 Å². The summed E-state index contributed by atoms with van der Waals surface area (Å²) in [5, 5.41) is 15.1. The summed E-state index contributed by atoms with van der Waals surface area (Å²) >= 11 is 0. The Morgan fingerprint density at radius 2 is 1.57 bits per heavy atom. The van der Waals surface area contributed by atoms with Gasteiger partial charge in [-0.3, -0.25) is 9.59 Å². The Bertz CT molecular complexity index is 1020. The van der Waals surface area contributed by atoms with Crippen molar-refractivity contribution in [3.05, 3.63) is 59.7 Å². The van der Waals surface area contributed by atoms with Crippen LogP contribution in [0.15, 0.2) is 48.5 Å². The highest BCUT2D eigenvalue weighted by molar-refractivity contribution is 5.80. The van der Waals surface area contributed by atoms with Crippen LogP contribution in [0, 0.1) is 5.41 Å². The number of unbranched alkanes of at least 4 members (excludes halogenated alkanes) is 1. The number of fused-ring (bicyclic) bond motifs is 3. The third-order valence-electron chi connectivity index (χ3n) is 6.97. The number of carboxylic acids is 1. The predicted molar refractivity (Wildman–Crippen MR) is 130 cm³/mol. The Balaban J connectivity index is 1.14. The largest absolute Gasteiger partial charge is 0.481 e. The first kappa shape index (κ1) is 24.7. The zero-order valence-electron chi connectivity index (χ0n) is 19.8. The molecular formula is C27H32N2O6. The van der Waals surface area contributed by atoms with E-state index in [0.29, 0.717) is 45.4 Å². The van der Waals surface area contributed by atoms with Crippen LogP contribution in [0.2, 0.25) is 0 Å². The van der Waals surface area contributed by atoms with E-state index >= 15 is 0 Å². The van der Waals surface area contributed by atoms with Gasteiger partial charge in [0.15, 0.2) is 0 Å². The van der Waals surface area contributed by atoms with Gasteiger partial charge >= 0.3 is 12.1 Å². The minimum absolute atomic E-state index is 0.0154. The van der Waals surface area contributed by atoms with Crippen LogP contribution in [0.25, 0.3) is 11.1 Å². The third-order valence-corrected chi connectivity index (χ3v) is 6.97. The summed E-state index contributed by atoms with van der Waals surface area (Å²) in [5.41, 5.74) is 3.75. The van der Waals surface area contributed by atoms with Crippen molar-refractivity contribution in [3.8, 4) is 11.1 Å². The molecule has 1 aliphatic carbocycles. The molecule has 1 heterocycles. The van der Waals surface area contributed by atoms with E-state index in [4.69, 9.17) is 9.47 Å². The molecule has 2 aliphatic rings. The summed E-state index contributed by atoms with van der Waals surface area (Å²) in [6.07, 6.45) is 1.80. The molecule has 3 N–H and O–H groups in total. The second-order valence-corrected chi connectivity index (χ2v) is 9.18. The SMILES string of the molecule is O=C(CCCCNC(=O)OCC1c2ccccc2-c2ccccc21)NCC1(C(=O)O)CCOCC1.